The van der Waals surface area contributed by atoms with E-state index in [1.165, 1.54) is 6.92 Å². The Morgan fingerprint density at radius 2 is 2.25 bits per heavy atom. The first-order chi connectivity index (χ1) is 7.56. The third kappa shape index (κ3) is 2.88. The molecule has 88 valence electrons. The summed E-state index contributed by atoms with van der Waals surface area (Å²) in [5.41, 5.74) is 1.45. The maximum absolute atomic E-state index is 11.7. The van der Waals surface area contributed by atoms with Gasteiger partial charge in [-0.25, -0.2) is 0 Å². The van der Waals surface area contributed by atoms with E-state index in [2.05, 4.69) is 5.29 Å². The molecule has 1 aliphatic heterocycles. The molecule has 0 saturated carbocycles. The smallest absolute Gasteiger partial charge is 0.302 e. The van der Waals surface area contributed by atoms with E-state index in [0.717, 1.165) is 10.6 Å². The van der Waals surface area contributed by atoms with Crippen molar-refractivity contribution in [3.05, 3.63) is 16.1 Å². The number of esters is 1. The second-order valence-electron chi connectivity index (χ2n) is 3.61. The first-order valence-corrected chi connectivity index (χ1v) is 5.03. The Labute approximate surface area is 93.2 Å². The van der Waals surface area contributed by atoms with Crippen LogP contribution in [-0.4, -0.2) is 30.0 Å². The van der Waals surface area contributed by atoms with E-state index < -0.39 is 0 Å². The average Bonchev–Trinajstić information content (AvgIpc) is 2.23. The van der Waals surface area contributed by atoms with E-state index >= 15 is 0 Å². The van der Waals surface area contributed by atoms with E-state index in [1.807, 2.05) is 6.92 Å². The molecular formula is C10H14N2O4. The zero-order valence-corrected chi connectivity index (χ0v) is 9.36. The van der Waals surface area contributed by atoms with Crippen molar-refractivity contribution in [3.8, 4) is 0 Å². The van der Waals surface area contributed by atoms with Gasteiger partial charge < -0.3 is 4.74 Å². The van der Waals surface area contributed by atoms with Crippen LogP contribution in [0.1, 0.15) is 26.7 Å². The first-order valence-electron chi connectivity index (χ1n) is 5.03. The average molecular weight is 226 g/mol. The van der Waals surface area contributed by atoms with Crippen LogP contribution in [0.2, 0.25) is 0 Å². The summed E-state index contributed by atoms with van der Waals surface area (Å²) in [7, 11) is 0. The number of amides is 1. The number of carbonyl (C=O) groups is 2. The lowest BCUT2D eigenvalue weighted by Crippen LogP contribution is -2.33. The van der Waals surface area contributed by atoms with Crippen molar-refractivity contribution in [1.29, 1.82) is 0 Å². The van der Waals surface area contributed by atoms with Crippen LogP contribution in [0.4, 0.5) is 0 Å². The van der Waals surface area contributed by atoms with Crippen LogP contribution in [0.3, 0.4) is 0 Å². The number of nitrogens with zero attached hydrogens (tertiary/aromatic N) is 2. The van der Waals surface area contributed by atoms with Crippen molar-refractivity contribution in [2.45, 2.75) is 26.7 Å². The van der Waals surface area contributed by atoms with Gasteiger partial charge in [-0.2, -0.15) is 5.01 Å². The SMILES string of the molecule is CC(=O)OCCC1=C(C)CCN(N=O)C1=O. The molecule has 1 amide bonds. The van der Waals surface area contributed by atoms with E-state index in [-0.39, 0.29) is 18.5 Å². The van der Waals surface area contributed by atoms with Crippen LogP contribution < -0.4 is 0 Å². The van der Waals surface area contributed by atoms with Crippen molar-refractivity contribution in [2.24, 2.45) is 5.29 Å². The predicted octanol–water partition coefficient (Wildman–Crippen LogP) is 1.17. The van der Waals surface area contributed by atoms with Crippen LogP contribution in [0.5, 0.6) is 0 Å². The summed E-state index contributed by atoms with van der Waals surface area (Å²) in [6.45, 7) is 3.62. The Bertz CT molecular complexity index is 349. The zero-order valence-electron chi connectivity index (χ0n) is 9.36. The normalized spacial score (nSPS) is 16.4. The molecule has 0 bridgehead atoms. The summed E-state index contributed by atoms with van der Waals surface area (Å²) in [4.78, 5) is 32.6. The van der Waals surface area contributed by atoms with Gasteiger partial charge in [-0.1, -0.05) is 5.57 Å². The number of nitroso groups, excluding NO2 is 1. The van der Waals surface area contributed by atoms with Crippen molar-refractivity contribution in [2.75, 3.05) is 13.2 Å². The minimum absolute atomic E-state index is 0.153. The first kappa shape index (κ1) is 12.4. The largest absolute Gasteiger partial charge is 0.466 e. The quantitative estimate of drug-likeness (QED) is 0.532. The number of ether oxygens (including phenoxy) is 1. The molecule has 0 aromatic rings. The molecule has 1 aliphatic rings. The van der Waals surface area contributed by atoms with Gasteiger partial charge in [0.1, 0.15) is 0 Å². The number of hydrogen-bond acceptors (Lipinski definition) is 5. The molecule has 6 nitrogen and oxygen atoms in total. The fourth-order valence-corrected chi connectivity index (χ4v) is 1.56. The van der Waals surface area contributed by atoms with Crippen LogP contribution in [-0.2, 0) is 14.3 Å². The summed E-state index contributed by atoms with van der Waals surface area (Å²) >= 11 is 0. The van der Waals surface area contributed by atoms with E-state index in [9.17, 15) is 14.5 Å². The van der Waals surface area contributed by atoms with Gasteiger partial charge in [-0.15, -0.1) is 4.91 Å². The number of rotatable bonds is 4. The summed E-state index contributed by atoms with van der Waals surface area (Å²) in [6.07, 6.45) is 0.961. The Hall–Kier alpha value is -1.72. The van der Waals surface area contributed by atoms with Gasteiger partial charge in [-0.3, -0.25) is 9.59 Å². The van der Waals surface area contributed by atoms with E-state index in [1.54, 1.807) is 0 Å². The fraction of sp³-hybridized carbons (Fsp3) is 0.600. The Morgan fingerprint density at radius 1 is 1.56 bits per heavy atom. The van der Waals surface area contributed by atoms with Gasteiger partial charge in [0, 0.05) is 18.9 Å². The van der Waals surface area contributed by atoms with Crippen LogP contribution in [0.25, 0.3) is 0 Å². The van der Waals surface area contributed by atoms with Crippen molar-refractivity contribution in [3.63, 3.8) is 0 Å². The van der Waals surface area contributed by atoms with Gasteiger partial charge >= 0.3 is 5.97 Å². The molecule has 1 heterocycles. The van der Waals surface area contributed by atoms with Crippen LogP contribution >= 0.6 is 0 Å². The highest BCUT2D eigenvalue weighted by molar-refractivity contribution is 5.94. The predicted molar refractivity (Wildman–Crippen MR) is 56.1 cm³/mol. The van der Waals surface area contributed by atoms with E-state index in [4.69, 9.17) is 4.74 Å². The fourth-order valence-electron chi connectivity index (χ4n) is 1.56. The molecule has 0 aromatic carbocycles. The Morgan fingerprint density at radius 3 is 2.81 bits per heavy atom. The van der Waals surface area contributed by atoms with Gasteiger partial charge in [0.2, 0.25) is 0 Å². The molecule has 1 rings (SSSR count). The molecule has 0 aliphatic carbocycles. The Kier molecular flexibility index (Phi) is 4.16. The molecule has 0 spiro atoms. The molecule has 0 atom stereocenters. The Balaban J connectivity index is 2.64. The number of carbonyl (C=O) groups excluding carboxylic acids is 2. The van der Waals surface area contributed by atoms with Gasteiger partial charge in [0.05, 0.1) is 18.4 Å². The second-order valence-corrected chi connectivity index (χ2v) is 3.61. The maximum atomic E-state index is 11.7. The maximum Gasteiger partial charge on any atom is 0.302 e. The van der Waals surface area contributed by atoms with Crippen molar-refractivity contribution in [1.82, 2.24) is 5.01 Å². The lowest BCUT2D eigenvalue weighted by molar-refractivity contribution is -0.141. The highest BCUT2D eigenvalue weighted by Gasteiger charge is 2.25. The molecule has 0 unspecified atom stereocenters. The third-order valence-corrected chi connectivity index (χ3v) is 2.46. The molecule has 0 radical (unpaired) electrons. The van der Waals surface area contributed by atoms with Crippen molar-refractivity contribution < 1.29 is 14.3 Å². The minimum Gasteiger partial charge on any atom is -0.466 e. The van der Waals surface area contributed by atoms with Crippen LogP contribution in [0, 0.1) is 4.91 Å². The number of hydrogen-bond donors (Lipinski definition) is 0. The minimum atomic E-state index is -0.383. The summed E-state index contributed by atoms with van der Waals surface area (Å²) in [5.74, 6) is -0.766. The lowest BCUT2D eigenvalue weighted by atomic mass is 9.99. The van der Waals surface area contributed by atoms with E-state index in [0.29, 0.717) is 25.0 Å². The molecular weight excluding hydrogens is 212 g/mol. The lowest BCUT2D eigenvalue weighted by Gasteiger charge is -2.22. The molecule has 0 aromatic heterocycles. The van der Waals surface area contributed by atoms with Gasteiger partial charge in [0.15, 0.2) is 0 Å². The second kappa shape index (κ2) is 5.39. The summed E-state index contributed by atoms with van der Waals surface area (Å²) in [5, 5.41) is 3.55. The van der Waals surface area contributed by atoms with Crippen LogP contribution in [0.15, 0.2) is 16.4 Å². The monoisotopic (exact) mass is 226 g/mol. The molecule has 16 heavy (non-hydrogen) atoms. The highest BCUT2D eigenvalue weighted by Crippen LogP contribution is 2.21. The molecule has 0 saturated heterocycles. The van der Waals surface area contributed by atoms with Crippen molar-refractivity contribution >= 4 is 11.9 Å². The highest BCUT2D eigenvalue weighted by atomic mass is 16.5. The topological polar surface area (TPSA) is 76.0 Å². The molecule has 6 heteroatoms. The summed E-state index contributed by atoms with van der Waals surface area (Å²) in [6, 6.07) is 0. The third-order valence-electron chi connectivity index (χ3n) is 2.46. The standard InChI is InChI=1S/C10H14N2O4/c1-7-3-5-12(11-15)10(14)9(7)4-6-16-8(2)13/h3-6H2,1-2H3. The zero-order chi connectivity index (χ0) is 12.1. The molecule has 0 N–H and O–H groups in total. The van der Waals surface area contributed by atoms with Gasteiger partial charge in [-0.05, 0) is 13.3 Å². The molecule has 0 fully saturated rings. The van der Waals surface area contributed by atoms with Gasteiger partial charge in [0.25, 0.3) is 5.91 Å². The summed E-state index contributed by atoms with van der Waals surface area (Å²) < 4.78 is 4.76.